The molecule has 2 rings (SSSR count). The van der Waals surface area contributed by atoms with E-state index in [0.29, 0.717) is 5.88 Å². The lowest BCUT2D eigenvalue weighted by atomic mass is 10.2. The van der Waals surface area contributed by atoms with Crippen LogP contribution in [-0.4, -0.2) is 6.61 Å². The Morgan fingerprint density at radius 1 is 0.950 bits per heavy atom. The summed E-state index contributed by atoms with van der Waals surface area (Å²) < 4.78 is 11.5. The van der Waals surface area contributed by atoms with Gasteiger partial charge in [-0.15, -0.1) is 11.6 Å². The van der Waals surface area contributed by atoms with Crippen molar-refractivity contribution >= 4 is 11.6 Å². The number of unbranched alkanes of at least 4 members (excludes halogenated alkanes) is 1. The van der Waals surface area contributed by atoms with E-state index in [2.05, 4.69) is 6.92 Å². The molecule has 2 aromatic rings. The third kappa shape index (κ3) is 4.46. The number of ether oxygens (including phenoxy) is 2. The SMILES string of the molecule is CCCCOc1cccc(Oc2ccc(CCl)cc2)c1. The van der Waals surface area contributed by atoms with E-state index >= 15 is 0 Å². The molecule has 0 N–H and O–H groups in total. The number of alkyl halides is 1. The maximum atomic E-state index is 5.80. The van der Waals surface area contributed by atoms with Crippen molar-refractivity contribution < 1.29 is 9.47 Å². The van der Waals surface area contributed by atoms with Gasteiger partial charge in [0.05, 0.1) is 6.61 Å². The molecule has 0 heterocycles. The van der Waals surface area contributed by atoms with Crippen LogP contribution < -0.4 is 9.47 Å². The van der Waals surface area contributed by atoms with E-state index < -0.39 is 0 Å². The topological polar surface area (TPSA) is 18.5 Å². The monoisotopic (exact) mass is 290 g/mol. The summed E-state index contributed by atoms with van der Waals surface area (Å²) in [5.74, 6) is 2.93. The van der Waals surface area contributed by atoms with Crippen LogP contribution in [0.5, 0.6) is 17.2 Å². The molecule has 0 aliphatic heterocycles. The van der Waals surface area contributed by atoms with Crippen molar-refractivity contribution in [1.82, 2.24) is 0 Å². The average Bonchev–Trinajstić information content (AvgIpc) is 2.49. The van der Waals surface area contributed by atoms with Crippen LogP contribution in [0.2, 0.25) is 0 Å². The number of rotatable bonds is 7. The minimum Gasteiger partial charge on any atom is -0.493 e. The molecular formula is C17H19ClO2. The van der Waals surface area contributed by atoms with Gasteiger partial charge >= 0.3 is 0 Å². The number of hydrogen-bond donors (Lipinski definition) is 0. The Kier molecular flexibility index (Phi) is 5.75. The van der Waals surface area contributed by atoms with Gasteiger partial charge in [-0.3, -0.25) is 0 Å². The lowest BCUT2D eigenvalue weighted by Crippen LogP contribution is -1.96. The average molecular weight is 291 g/mol. The Morgan fingerprint density at radius 3 is 2.40 bits per heavy atom. The summed E-state index contributed by atoms with van der Waals surface area (Å²) in [6.07, 6.45) is 2.19. The molecule has 3 heteroatoms. The first-order valence-electron chi connectivity index (χ1n) is 6.87. The summed E-state index contributed by atoms with van der Waals surface area (Å²) >= 11 is 5.76. The van der Waals surface area contributed by atoms with Gasteiger partial charge in [0.15, 0.2) is 0 Å². The highest BCUT2D eigenvalue weighted by Crippen LogP contribution is 2.25. The van der Waals surface area contributed by atoms with Gasteiger partial charge in [0, 0.05) is 11.9 Å². The fourth-order valence-electron chi connectivity index (χ4n) is 1.74. The minimum absolute atomic E-state index is 0.515. The third-order valence-corrected chi connectivity index (χ3v) is 3.19. The first-order valence-corrected chi connectivity index (χ1v) is 7.41. The minimum atomic E-state index is 0.515. The molecule has 0 radical (unpaired) electrons. The summed E-state index contributed by atoms with van der Waals surface area (Å²) in [4.78, 5) is 0. The van der Waals surface area contributed by atoms with Gasteiger partial charge in [-0.25, -0.2) is 0 Å². The fraction of sp³-hybridized carbons (Fsp3) is 0.294. The zero-order valence-corrected chi connectivity index (χ0v) is 12.4. The molecule has 106 valence electrons. The van der Waals surface area contributed by atoms with Crippen molar-refractivity contribution in [3.8, 4) is 17.2 Å². The number of benzene rings is 2. The van der Waals surface area contributed by atoms with Crippen LogP contribution in [-0.2, 0) is 5.88 Å². The molecule has 0 saturated carbocycles. The van der Waals surface area contributed by atoms with Crippen molar-refractivity contribution in [3.63, 3.8) is 0 Å². The summed E-state index contributed by atoms with van der Waals surface area (Å²) in [5.41, 5.74) is 1.08. The molecule has 0 aliphatic rings. The largest absolute Gasteiger partial charge is 0.493 e. The van der Waals surface area contributed by atoms with Crippen LogP contribution in [0.25, 0.3) is 0 Å². The van der Waals surface area contributed by atoms with Crippen LogP contribution >= 0.6 is 11.6 Å². The Bertz CT molecular complexity index is 523. The second kappa shape index (κ2) is 7.81. The van der Waals surface area contributed by atoms with E-state index in [0.717, 1.165) is 42.3 Å². The van der Waals surface area contributed by atoms with Crippen LogP contribution in [0.3, 0.4) is 0 Å². The van der Waals surface area contributed by atoms with Crippen molar-refractivity contribution in [3.05, 3.63) is 54.1 Å². The van der Waals surface area contributed by atoms with Crippen molar-refractivity contribution in [2.45, 2.75) is 25.6 Å². The van der Waals surface area contributed by atoms with Gasteiger partial charge in [0.1, 0.15) is 17.2 Å². The summed E-state index contributed by atoms with van der Waals surface area (Å²) in [6, 6.07) is 15.5. The zero-order chi connectivity index (χ0) is 14.2. The highest BCUT2D eigenvalue weighted by Gasteiger charge is 2.00. The van der Waals surface area contributed by atoms with Gasteiger partial charge in [-0.1, -0.05) is 31.5 Å². The highest BCUT2D eigenvalue weighted by atomic mass is 35.5. The van der Waals surface area contributed by atoms with E-state index in [4.69, 9.17) is 21.1 Å². The zero-order valence-electron chi connectivity index (χ0n) is 11.6. The predicted molar refractivity (Wildman–Crippen MR) is 82.9 cm³/mol. The van der Waals surface area contributed by atoms with Gasteiger partial charge in [0.2, 0.25) is 0 Å². The first kappa shape index (κ1) is 14.7. The molecule has 0 aliphatic carbocycles. The normalized spacial score (nSPS) is 10.3. The maximum absolute atomic E-state index is 5.80. The lowest BCUT2D eigenvalue weighted by molar-refractivity contribution is 0.308. The molecule has 0 atom stereocenters. The summed E-state index contributed by atoms with van der Waals surface area (Å²) in [6.45, 7) is 2.89. The van der Waals surface area contributed by atoms with E-state index in [1.165, 1.54) is 0 Å². The molecule has 0 bridgehead atoms. The quantitative estimate of drug-likeness (QED) is 0.502. The van der Waals surface area contributed by atoms with Crippen molar-refractivity contribution in [1.29, 1.82) is 0 Å². The molecule has 0 aromatic heterocycles. The number of hydrogen-bond acceptors (Lipinski definition) is 2. The molecule has 2 nitrogen and oxygen atoms in total. The van der Waals surface area contributed by atoms with Crippen molar-refractivity contribution in [2.24, 2.45) is 0 Å². The second-order valence-electron chi connectivity index (χ2n) is 4.56. The van der Waals surface area contributed by atoms with Crippen LogP contribution in [0.4, 0.5) is 0 Å². The fourth-order valence-corrected chi connectivity index (χ4v) is 1.92. The van der Waals surface area contributed by atoms with E-state index in [1.54, 1.807) is 0 Å². The number of halogens is 1. The summed E-state index contributed by atoms with van der Waals surface area (Å²) in [7, 11) is 0. The molecule has 0 spiro atoms. The third-order valence-electron chi connectivity index (χ3n) is 2.89. The van der Waals surface area contributed by atoms with Crippen LogP contribution in [0.1, 0.15) is 25.3 Å². The first-order chi connectivity index (χ1) is 9.81. The van der Waals surface area contributed by atoms with E-state index in [9.17, 15) is 0 Å². The van der Waals surface area contributed by atoms with Gasteiger partial charge in [0.25, 0.3) is 0 Å². The van der Waals surface area contributed by atoms with Gasteiger partial charge in [-0.05, 0) is 36.2 Å². The Balaban J connectivity index is 1.99. The van der Waals surface area contributed by atoms with Crippen LogP contribution in [0, 0.1) is 0 Å². The molecule has 0 unspecified atom stereocenters. The molecule has 2 aromatic carbocycles. The highest BCUT2D eigenvalue weighted by molar-refractivity contribution is 6.17. The standard InChI is InChI=1S/C17H19ClO2/c1-2-3-11-19-16-5-4-6-17(12-16)20-15-9-7-14(13-18)8-10-15/h4-10,12H,2-3,11,13H2,1H3. The lowest BCUT2D eigenvalue weighted by Gasteiger charge is -2.09. The van der Waals surface area contributed by atoms with E-state index in [1.807, 2.05) is 48.5 Å². The van der Waals surface area contributed by atoms with Gasteiger partial charge < -0.3 is 9.47 Å². The Morgan fingerprint density at radius 2 is 1.70 bits per heavy atom. The maximum Gasteiger partial charge on any atom is 0.131 e. The summed E-state index contributed by atoms with van der Waals surface area (Å²) in [5, 5.41) is 0. The van der Waals surface area contributed by atoms with Gasteiger partial charge in [-0.2, -0.15) is 0 Å². The smallest absolute Gasteiger partial charge is 0.131 e. The Hall–Kier alpha value is -1.67. The second-order valence-corrected chi connectivity index (χ2v) is 4.82. The molecule has 0 saturated heterocycles. The molecule has 0 fully saturated rings. The van der Waals surface area contributed by atoms with E-state index in [-0.39, 0.29) is 0 Å². The Labute approximate surface area is 125 Å². The molecular weight excluding hydrogens is 272 g/mol. The predicted octanol–water partition coefficient (Wildman–Crippen LogP) is 5.40. The van der Waals surface area contributed by atoms with Crippen LogP contribution in [0.15, 0.2) is 48.5 Å². The molecule has 0 amide bonds. The molecule has 20 heavy (non-hydrogen) atoms. The van der Waals surface area contributed by atoms with Crippen molar-refractivity contribution in [2.75, 3.05) is 6.61 Å².